The number of H-pyrrole nitrogens is 1. The highest BCUT2D eigenvalue weighted by Gasteiger charge is 2.32. The number of aromatic amines is 1. The van der Waals surface area contributed by atoms with Crippen molar-refractivity contribution < 1.29 is 9.90 Å². The Bertz CT molecular complexity index is 429. The Morgan fingerprint density at radius 1 is 1.12 bits per heavy atom. The van der Waals surface area contributed by atoms with E-state index in [-0.39, 0.29) is 5.69 Å². The fourth-order valence-corrected chi connectivity index (χ4v) is 2.81. The van der Waals surface area contributed by atoms with Gasteiger partial charge in [-0.25, -0.2) is 9.78 Å². The highest BCUT2D eigenvalue weighted by molar-refractivity contribution is 5.87. The van der Waals surface area contributed by atoms with Crippen LogP contribution in [0.25, 0.3) is 0 Å². The first kappa shape index (κ1) is 10.8. The molecule has 2 fully saturated rings. The monoisotopic (exact) mass is 234 g/mol. The second-order valence-electron chi connectivity index (χ2n) is 5.30. The molecular formula is C13H18N2O2. The Balaban J connectivity index is 1.89. The summed E-state index contributed by atoms with van der Waals surface area (Å²) in [6, 6.07) is 0. The van der Waals surface area contributed by atoms with Crippen LogP contribution in [0.1, 0.15) is 78.8 Å². The van der Waals surface area contributed by atoms with Crippen LogP contribution in [0.15, 0.2) is 0 Å². The third-order valence-corrected chi connectivity index (χ3v) is 3.93. The van der Waals surface area contributed by atoms with E-state index in [2.05, 4.69) is 9.97 Å². The number of nitrogens with one attached hydrogen (secondary N) is 1. The fourth-order valence-electron chi connectivity index (χ4n) is 2.81. The molecule has 0 aliphatic heterocycles. The Labute approximate surface area is 100 Å². The number of carboxylic acid groups (broad SMARTS) is 1. The molecule has 0 bridgehead atoms. The number of nitrogens with zero attached hydrogens (tertiary/aromatic N) is 1. The van der Waals surface area contributed by atoms with Crippen LogP contribution in [0.2, 0.25) is 0 Å². The molecule has 2 aliphatic carbocycles. The lowest BCUT2D eigenvalue weighted by molar-refractivity contribution is 0.0689. The molecule has 0 radical (unpaired) electrons. The van der Waals surface area contributed by atoms with Gasteiger partial charge in [-0.2, -0.15) is 0 Å². The van der Waals surface area contributed by atoms with Crippen LogP contribution in [-0.2, 0) is 0 Å². The van der Waals surface area contributed by atoms with Crippen LogP contribution in [0.3, 0.4) is 0 Å². The molecule has 4 heteroatoms. The van der Waals surface area contributed by atoms with Gasteiger partial charge in [-0.3, -0.25) is 0 Å². The summed E-state index contributed by atoms with van der Waals surface area (Å²) in [4.78, 5) is 18.8. The first-order valence-corrected chi connectivity index (χ1v) is 6.59. The molecule has 4 nitrogen and oxygen atoms in total. The molecule has 1 heterocycles. The summed E-state index contributed by atoms with van der Waals surface area (Å²) in [5, 5.41) is 9.17. The quantitative estimate of drug-likeness (QED) is 0.844. The molecule has 2 aliphatic rings. The molecule has 0 amide bonds. The van der Waals surface area contributed by atoms with Crippen LogP contribution in [0, 0.1) is 0 Å². The topological polar surface area (TPSA) is 66.0 Å². The first-order valence-electron chi connectivity index (χ1n) is 6.59. The predicted molar refractivity (Wildman–Crippen MR) is 63.3 cm³/mol. The van der Waals surface area contributed by atoms with Gasteiger partial charge in [0.05, 0.1) is 5.69 Å². The van der Waals surface area contributed by atoms with Gasteiger partial charge in [0, 0.05) is 11.8 Å². The molecule has 0 spiro atoms. The zero-order valence-corrected chi connectivity index (χ0v) is 9.91. The summed E-state index contributed by atoms with van der Waals surface area (Å²) in [5.74, 6) is 0.912. The zero-order chi connectivity index (χ0) is 11.8. The predicted octanol–water partition coefficient (Wildman–Crippen LogP) is 3.03. The van der Waals surface area contributed by atoms with E-state index in [4.69, 9.17) is 0 Å². The highest BCUT2D eigenvalue weighted by atomic mass is 16.4. The summed E-state index contributed by atoms with van der Waals surface area (Å²) in [6.45, 7) is 0. The molecule has 2 N–H and O–H groups in total. The van der Waals surface area contributed by atoms with E-state index in [1.807, 2.05) is 0 Å². The maximum atomic E-state index is 11.2. The largest absolute Gasteiger partial charge is 0.476 e. The van der Waals surface area contributed by atoms with Crippen molar-refractivity contribution in [1.29, 1.82) is 0 Å². The molecule has 0 saturated heterocycles. The van der Waals surface area contributed by atoms with Crippen LogP contribution >= 0.6 is 0 Å². The zero-order valence-electron chi connectivity index (χ0n) is 9.91. The van der Waals surface area contributed by atoms with E-state index in [9.17, 15) is 9.90 Å². The van der Waals surface area contributed by atoms with Crippen molar-refractivity contribution in [3.8, 4) is 0 Å². The standard InChI is InChI=1S/C13H18N2O2/c16-13(17)11-10(8-6-7-8)14-12(15-11)9-4-2-1-3-5-9/h8-9H,1-7H2,(H,14,15)(H,16,17). The van der Waals surface area contributed by atoms with E-state index < -0.39 is 5.97 Å². The number of carboxylic acids is 1. The van der Waals surface area contributed by atoms with Crippen molar-refractivity contribution in [1.82, 2.24) is 9.97 Å². The van der Waals surface area contributed by atoms with Gasteiger partial charge in [-0.1, -0.05) is 19.3 Å². The third kappa shape index (κ3) is 2.08. The maximum absolute atomic E-state index is 11.2. The maximum Gasteiger partial charge on any atom is 0.356 e. The van der Waals surface area contributed by atoms with Crippen molar-refractivity contribution >= 4 is 5.97 Å². The van der Waals surface area contributed by atoms with Gasteiger partial charge >= 0.3 is 5.97 Å². The van der Waals surface area contributed by atoms with Gasteiger partial charge in [-0.05, 0) is 25.7 Å². The summed E-state index contributed by atoms with van der Waals surface area (Å²) in [6.07, 6.45) is 8.30. The van der Waals surface area contributed by atoms with Gasteiger partial charge in [0.1, 0.15) is 5.82 Å². The number of imidazole rings is 1. The normalized spacial score (nSPS) is 21.6. The summed E-state index contributed by atoms with van der Waals surface area (Å²) in [7, 11) is 0. The average molecular weight is 234 g/mol. The van der Waals surface area contributed by atoms with Gasteiger partial charge in [0.25, 0.3) is 0 Å². The molecular weight excluding hydrogens is 216 g/mol. The summed E-state index contributed by atoms with van der Waals surface area (Å²) < 4.78 is 0. The van der Waals surface area contributed by atoms with E-state index in [1.54, 1.807) is 0 Å². The SMILES string of the molecule is O=C(O)c1nc(C2CCCCC2)[nH]c1C1CC1. The number of carbonyl (C=O) groups is 1. The Morgan fingerprint density at radius 3 is 2.41 bits per heavy atom. The Kier molecular flexibility index (Phi) is 2.65. The van der Waals surface area contributed by atoms with Crippen molar-refractivity contribution in [2.45, 2.75) is 56.8 Å². The van der Waals surface area contributed by atoms with Crippen LogP contribution in [0.5, 0.6) is 0 Å². The second-order valence-corrected chi connectivity index (χ2v) is 5.30. The molecule has 92 valence electrons. The van der Waals surface area contributed by atoms with Crippen molar-refractivity contribution in [2.24, 2.45) is 0 Å². The van der Waals surface area contributed by atoms with Gasteiger partial charge in [-0.15, -0.1) is 0 Å². The first-order chi connectivity index (χ1) is 8.25. The molecule has 0 unspecified atom stereocenters. The molecule has 2 saturated carbocycles. The lowest BCUT2D eigenvalue weighted by Gasteiger charge is -2.19. The van der Waals surface area contributed by atoms with Gasteiger partial charge < -0.3 is 10.1 Å². The molecule has 17 heavy (non-hydrogen) atoms. The molecule has 1 aromatic rings. The molecule has 0 atom stereocenters. The highest BCUT2D eigenvalue weighted by Crippen LogP contribution is 2.42. The average Bonchev–Trinajstić information content (AvgIpc) is 3.09. The smallest absolute Gasteiger partial charge is 0.356 e. The van der Waals surface area contributed by atoms with Gasteiger partial charge in [0.15, 0.2) is 5.69 Å². The van der Waals surface area contributed by atoms with Gasteiger partial charge in [0.2, 0.25) is 0 Å². The second kappa shape index (κ2) is 4.17. The van der Waals surface area contributed by atoms with Crippen molar-refractivity contribution in [2.75, 3.05) is 0 Å². The van der Waals surface area contributed by atoms with Crippen molar-refractivity contribution in [3.05, 3.63) is 17.2 Å². The molecule has 3 rings (SSSR count). The van der Waals surface area contributed by atoms with Crippen LogP contribution in [-0.4, -0.2) is 21.0 Å². The van der Waals surface area contributed by atoms with Crippen LogP contribution < -0.4 is 0 Å². The van der Waals surface area contributed by atoms with E-state index in [0.717, 1.165) is 37.2 Å². The minimum Gasteiger partial charge on any atom is -0.476 e. The minimum absolute atomic E-state index is 0.271. The summed E-state index contributed by atoms with van der Waals surface area (Å²) >= 11 is 0. The lowest BCUT2D eigenvalue weighted by Crippen LogP contribution is -2.06. The van der Waals surface area contributed by atoms with Crippen LogP contribution in [0.4, 0.5) is 0 Å². The molecule has 0 aromatic carbocycles. The minimum atomic E-state index is -0.884. The fraction of sp³-hybridized carbons (Fsp3) is 0.692. The number of aromatic carboxylic acids is 1. The lowest BCUT2D eigenvalue weighted by atomic mass is 9.89. The van der Waals surface area contributed by atoms with E-state index >= 15 is 0 Å². The number of hydrogen-bond acceptors (Lipinski definition) is 2. The van der Waals surface area contributed by atoms with Crippen molar-refractivity contribution in [3.63, 3.8) is 0 Å². The molecule has 1 aromatic heterocycles. The van der Waals surface area contributed by atoms with E-state index in [1.165, 1.54) is 19.3 Å². The number of hydrogen-bond donors (Lipinski definition) is 2. The Hall–Kier alpha value is -1.32. The Morgan fingerprint density at radius 2 is 1.82 bits per heavy atom. The van der Waals surface area contributed by atoms with E-state index in [0.29, 0.717) is 11.8 Å². The number of aromatic nitrogens is 2. The number of rotatable bonds is 3. The summed E-state index contributed by atoms with van der Waals surface area (Å²) in [5.41, 5.74) is 1.14. The third-order valence-electron chi connectivity index (χ3n) is 3.93.